The van der Waals surface area contributed by atoms with Gasteiger partial charge in [-0.2, -0.15) is 0 Å². The van der Waals surface area contributed by atoms with Gasteiger partial charge >= 0.3 is 0 Å². The lowest BCUT2D eigenvalue weighted by molar-refractivity contribution is 0.102. The van der Waals surface area contributed by atoms with Crippen LogP contribution in [0.3, 0.4) is 0 Å². The fourth-order valence-electron chi connectivity index (χ4n) is 1.72. The number of carbonyl (C=O) groups is 1. The van der Waals surface area contributed by atoms with Gasteiger partial charge in [-0.3, -0.25) is 4.79 Å². The van der Waals surface area contributed by atoms with Crippen molar-refractivity contribution in [3.63, 3.8) is 0 Å². The van der Waals surface area contributed by atoms with Gasteiger partial charge in [0.15, 0.2) is 15.6 Å². The van der Waals surface area contributed by atoms with Crippen molar-refractivity contribution in [3.8, 4) is 0 Å². The highest BCUT2D eigenvalue weighted by molar-refractivity contribution is 7.92. The maximum Gasteiger partial charge on any atom is 0.177 e. The van der Waals surface area contributed by atoms with Gasteiger partial charge in [0.05, 0.1) is 5.25 Å². The second-order valence-electron chi connectivity index (χ2n) is 5.23. The molecule has 0 aromatic heterocycles. The fraction of sp³-hybridized carbons (Fsp3) is 0.533. The Bertz CT molecular complexity index is 527. The Balaban J connectivity index is 2.85. The van der Waals surface area contributed by atoms with Gasteiger partial charge in [0, 0.05) is 5.56 Å². The van der Waals surface area contributed by atoms with Crippen molar-refractivity contribution in [2.24, 2.45) is 0 Å². The lowest BCUT2D eigenvalue weighted by Crippen LogP contribution is -2.25. The smallest absolute Gasteiger partial charge is 0.177 e. The molecule has 0 N–H and O–H groups in total. The van der Waals surface area contributed by atoms with E-state index < -0.39 is 20.8 Å². The van der Waals surface area contributed by atoms with Crippen molar-refractivity contribution in [1.29, 1.82) is 0 Å². The number of sulfone groups is 1. The second kappa shape index (κ2) is 6.33. The molecule has 106 valence electrons. The van der Waals surface area contributed by atoms with Crippen LogP contribution in [-0.4, -0.2) is 25.2 Å². The summed E-state index contributed by atoms with van der Waals surface area (Å²) in [6.07, 6.45) is 0.530. The molecule has 1 aromatic carbocycles. The van der Waals surface area contributed by atoms with E-state index in [2.05, 4.69) is 13.8 Å². The van der Waals surface area contributed by atoms with Crippen LogP contribution in [0, 0.1) is 0 Å². The first kappa shape index (κ1) is 15.9. The van der Waals surface area contributed by atoms with Crippen molar-refractivity contribution < 1.29 is 13.2 Å². The van der Waals surface area contributed by atoms with Crippen LogP contribution in [0.5, 0.6) is 0 Å². The molecule has 1 rings (SSSR count). The van der Waals surface area contributed by atoms with Crippen LogP contribution in [-0.2, 0) is 9.84 Å². The summed E-state index contributed by atoms with van der Waals surface area (Å²) in [6, 6.07) is 7.19. The number of rotatable bonds is 6. The molecule has 0 saturated carbocycles. The summed E-state index contributed by atoms with van der Waals surface area (Å²) in [5.41, 5.74) is 1.61. The van der Waals surface area contributed by atoms with E-state index in [-0.39, 0.29) is 5.78 Å². The molecular weight excluding hydrogens is 260 g/mol. The highest BCUT2D eigenvalue weighted by Crippen LogP contribution is 2.16. The Morgan fingerprint density at radius 3 is 2.05 bits per heavy atom. The zero-order chi connectivity index (χ0) is 14.6. The van der Waals surface area contributed by atoms with E-state index in [0.717, 1.165) is 5.56 Å². The van der Waals surface area contributed by atoms with Crippen LogP contribution in [0.15, 0.2) is 24.3 Å². The van der Waals surface area contributed by atoms with Crippen LogP contribution in [0.1, 0.15) is 56.0 Å². The molecule has 0 fully saturated rings. The molecule has 0 saturated heterocycles. The van der Waals surface area contributed by atoms with E-state index >= 15 is 0 Å². The molecule has 0 radical (unpaired) electrons. The number of benzene rings is 1. The molecule has 3 nitrogen and oxygen atoms in total. The molecule has 0 amide bonds. The van der Waals surface area contributed by atoms with E-state index in [9.17, 15) is 13.2 Å². The summed E-state index contributed by atoms with van der Waals surface area (Å²) >= 11 is 0. The van der Waals surface area contributed by atoms with Gasteiger partial charge < -0.3 is 0 Å². The van der Waals surface area contributed by atoms with Crippen molar-refractivity contribution in [1.82, 2.24) is 0 Å². The molecule has 19 heavy (non-hydrogen) atoms. The van der Waals surface area contributed by atoms with Crippen LogP contribution in [0.2, 0.25) is 0 Å². The number of hydrogen-bond acceptors (Lipinski definition) is 3. The molecule has 0 aliphatic heterocycles. The van der Waals surface area contributed by atoms with Crippen LogP contribution in [0.25, 0.3) is 0 Å². The van der Waals surface area contributed by atoms with Crippen molar-refractivity contribution >= 4 is 15.6 Å². The summed E-state index contributed by atoms with van der Waals surface area (Å²) in [5, 5.41) is -0.466. The minimum atomic E-state index is -3.33. The van der Waals surface area contributed by atoms with Gasteiger partial charge in [-0.1, -0.05) is 45.0 Å². The monoisotopic (exact) mass is 282 g/mol. The van der Waals surface area contributed by atoms with E-state index in [1.165, 1.54) is 0 Å². The third-order valence-corrected chi connectivity index (χ3v) is 5.64. The topological polar surface area (TPSA) is 51.2 Å². The third-order valence-electron chi connectivity index (χ3n) is 3.42. The Kier molecular flexibility index (Phi) is 5.29. The summed E-state index contributed by atoms with van der Waals surface area (Å²) in [5.74, 6) is -0.327. The Morgan fingerprint density at radius 1 is 1.11 bits per heavy atom. The summed E-state index contributed by atoms with van der Waals surface area (Å²) in [6.45, 7) is 7.60. The van der Waals surface area contributed by atoms with Gasteiger partial charge in [-0.25, -0.2) is 8.42 Å². The van der Waals surface area contributed by atoms with Gasteiger partial charge in [0.25, 0.3) is 0 Å². The predicted octanol–water partition coefficient (Wildman–Crippen LogP) is 3.21. The molecule has 1 unspecified atom stereocenters. The Hall–Kier alpha value is -1.16. The third kappa shape index (κ3) is 4.16. The van der Waals surface area contributed by atoms with Crippen LogP contribution in [0.4, 0.5) is 0 Å². The van der Waals surface area contributed by atoms with Gasteiger partial charge in [-0.15, -0.1) is 0 Å². The van der Waals surface area contributed by atoms with E-state index in [0.29, 0.717) is 17.9 Å². The van der Waals surface area contributed by atoms with Gasteiger partial charge in [0.1, 0.15) is 5.75 Å². The number of carbonyl (C=O) groups excluding carboxylic acids is 1. The summed E-state index contributed by atoms with van der Waals surface area (Å²) in [4.78, 5) is 12.0. The number of hydrogen-bond donors (Lipinski definition) is 0. The first-order chi connectivity index (χ1) is 8.77. The highest BCUT2D eigenvalue weighted by atomic mass is 32.2. The quantitative estimate of drug-likeness (QED) is 0.753. The predicted molar refractivity (Wildman–Crippen MR) is 78.4 cm³/mol. The first-order valence-corrected chi connectivity index (χ1v) is 8.34. The maximum atomic E-state index is 12.0. The lowest BCUT2D eigenvalue weighted by atomic mass is 10.0. The minimum absolute atomic E-state index is 0.324. The minimum Gasteiger partial charge on any atom is -0.293 e. The Labute approximate surface area is 116 Å². The van der Waals surface area contributed by atoms with Crippen molar-refractivity contribution in [2.45, 2.75) is 45.3 Å². The van der Waals surface area contributed by atoms with E-state index in [1.54, 1.807) is 19.1 Å². The SMILES string of the molecule is CCC(C)S(=O)(=O)CC(=O)c1ccc(C(C)C)cc1. The fourth-order valence-corrected chi connectivity index (χ4v) is 3.04. The molecular formula is C15H22O3S. The average Bonchev–Trinajstić information content (AvgIpc) is 2.37. The summed E-state index contributed by atoms with van der Waals surface area (Å²) in [7, 11) is -3.33. The molecule has 0 aliphatic rings. The number of Topliss-reactive ketones (excluding diaryl/α,β-unsaturated/α-hetero) is 1. The average molecular weight is 282 g/mol. The zero-order valence-corrected chi connectivity index (χ0v) is 12.8. The largest absolute Gasteiger partial charge is 0.293 e. The molecule has 0 aliphatic carbocycles. The second-order valence-corrected chi connectivity index (χ2v) is 7.65. The standard InChI is InChI=1S/C15H22O3S/c1-5-12(4)19(17,18)10-15(16)14-8-6-13(7-9-14)11(2)3/h6-9,11-12H,5,10H2,1-4H3. The maximum absolute atomic E-state index is 12.0. The highest BCUT2D eigenvalue weighted by Gasteiger charge is 2.23. The van der Waals surface area contributed by atoms with Gasteiger partial charge in [-0.05, 0) is 24.8 Å². The van der Waals surface area contributed by atoms with Crippen LogP contribution < -0.4 is 0 Å². The molecule has 0 spiro atoms. The van der Waals surface area contributed by atoms with E-state index in [4.69, 9.17) is 0 Å². The number of ketones is 1. The molecule has 0 bridgehead atoms. The van der Waals surface area contributed by atoms with E-state index in [1.807, 2.05) is 19.1 Å². The summed E-state index contributed by atoms with van der Waals surface area (Å²) < 4.78 is 23.8. The van der Waals surface area contributed by atoms with Crippen molar-refractivity contribution in [2.75, 3.05) is 5.75 Å². The first-order valence-electron chi connectivity index (χ1n) is 6.62. The zero-order valence-electron chi connectivity index (χ0n) is 12.0. The molecule has 0 heterocycles. The molecule has 4 heteroatoms. The van der Waals surface area contributed by atoms with Gasteiger partial charge in [0.2, 0.25) is 0 Å². The Morgan fingerprint density at radius 2 is 1.63 bits per heavy atom. The van der Waals surface area contributed by atoms with Crippen molar-refractivity contribution in [3.05, 3.63) is 35.4 Å². The molecule has 1 aromatic rings. The lowest BCUT2D eigenvalue weighted by Gasteiger charge is -2.10. The van der Waals surface area contributed by atoms with Crippen LogP contribution >= 0.6 is 0 Å². The molecule has 1 atom stereocenters. The normalized spacial score (nSPS) is 13.5.